The first-order valence-electron chi connectivity index (χ1n) is 15.4. The van der Waals surface area contributed by atoms with Gasteiger partial charge in [0.15, 0.2) is 93.1 Å². The lowest BCUT2D eigenvalue weighted by atomic mass is 9.94. The van der Waals surface area contributed by atoms with Crippen LogP contribution in [0.1, 0.15) is 33.4 Å². The van der Waals surface area contributed by atoms with E-state index in [-0.39, 0.29) is 0 Å². The van der Waals surface area contributed by atoms with Crippen LogP contribution >= 0.6 is 0 Å². The van der Waals surface area contributed by atoms with E-state index in [0.717, 1.165) is 0 Å². The highest BCUT2D eigenvalue weighted by molar-refractivity contribution is 6.12. The van der Waals surface area contributed by atoms with Gasteiger partial charge in [0.05, 0.1) is 44.5 Å². The number of allylic oxidation sites excluding steroid dienone is 6. The zero-order valence-electron chi connectivity index (χ0n) is 28.8. The van der Waals surface area contributed by atoms with Gasteiger partial charge in [-0.1, -0.05) is 0 Å². The lowest BCUT2D eigenvalue weighted by Crippen LogP contribution is -2.17. The van der Waals surface area contributed by atoms with Crippen molar-refractivity contribution in [3.05, 3.63) is 143 Å². The van der Waals surface area contributed by atoms with Crippen LogP contribution in [0.2, 0.25) is 0 Å². The van der Waals surface area contributed by atoms with Crippen molar-refractivity contribution in [3.8, 4) is 29.3 Å². The highest BCUT2D eigenvalue weighted by Crippen LogP contribution is 2.58. The highest BCUT2D eigenvalue weighted by Gasteiger charge is 2.50. The van der Waals surface area contributed by atoms with Crippen molar-refractivity contribution in [1.82, 2.24) is 0 Å². The van der Waals surface area contributed by atoms with Crippen LogP contribution in [0.5, 0.6) is 0 Å². The molecule has 1 fully saturated rings. The molecule has 0 radical (unpaired) electrons. The molecule has 0 heterocycles. The van der Waals surface area contributed by atoms with E-state index in [1.165, 1.54) is 0 Å². The van der Waals surface area contributed by atoms with Gasteiger partial charge in [-0.2, -0.15) is 55.3 Å². The molecule has 0 unspecified atom stereocenters. The molecule has 0 amide bonds. The standard InChI is InChI=1S/C36F25N3/c37-18-10(19(38)25(44)13(24(18)43)14-26(45)32(51)17(36(59,60)61)33(52)27(14)46)4(1-62)7-8(5(2-63)11-20(39)28(47)15(34(53,54)55)29(48)21(11)40)9(7)6(3-64)12-22(41)30(49)16(35(56,57)58)31(50)23(12)42/b7-4?,8-5-,9-6+. The minimum atomic E-state index is -6.35. The molecule has 0 aliphatic heterocycles. The first-order valence-corrected chi connectivity index (χ1v) is 15.4. The van der Waals surface area contributed by atoms with Crippen LogP contribution in [0, 0.1) is 127 Å². The molecule has 0 N–H and O–H groups in total. The second-order valence-electron chi connectivity index (χ2n) is 12.1. The van der Waals surface area contributed by atoms with E-state index in [1.54, 1.807) is 0 Å². The van der Waals surface area contributed by atoms with E-state index in [1.807, 2.05) is 0 Å². The summed E-state index contributed by atoms with van der Waals surface area (Å²) < 4.78 is 359. The van der Waals surface area contributed by atoms with Crippen LogP contribution in [-0.2, 0) is 18.5 Å². The van der Waals surface area contributed by atoms with E-state index in [4.69, 9.17) is 0 Å². The third-order valence-electron chi connectivity index (χ3n) is 8.68. The number of hydrogen-bond acceptors (Lipinski definition) is 3. The fourth-order valence-corrected chi connectivity index (χ4v) is 6.02. The molecule has 4 aromatic carbocycles. The summed E-state index contributed by atoms with van der Waals surface area (Å²) in [5, 5.41) is 29.5. The summed E-state index contributed by atoms with van der Waals surface area (Å²) in [4.78, 5) is 0. The number of halogens is 25. The van der Waals surface area contributed by atoms with Gasteiger partial charge in [0.25, 0.3) is 0 Å². The summed E-state index contributed by atoms with van der Waals surface area (Å²) in [5.41, 5.74) is -37.9. The van der Waals surface area contributed by atoms with Crippen LogP contribution in [0.15, 0.2) is 16.7 Å². The van der Waals surface area contributed by atoms with Crippen LogP contribution in [-0.4, -0.2) is 0 Å². The second-order valence-corrected chi connectivity index (χ2v) is 12.1. The van der Waals surface area contributed by atoms with E-state index in [9.17, 15) is 90.4 Å². The van der Waals surface area contributed by atoms with Crippen LogP contribution < -0.4 is 0 Å². The first-order chi connectivity index (χ1) is 29.3. The summed E-state index contributed by atoms with van der Waals surface area (Å²) in [6.07, 6.45) is -19.0. The van der Waals surface area contributed by atoms with E-state index in [2.05, 4.69) is 0 Å². The molecule has 1 saturated carbocycles. The van der Waals surface area contributed by atoms with E-state index < -0.39 is 190 Å². The molecule has 64 heavy (non-hydrogen) atoms. The minimum Gasteiger partial charge on any atom is -0.203 e. The van der Waals surface area contributed by atoms with Crippen molar-refractivity contribution in [3.63, 3.8) is 0 Å². The van der Waals surface area contributed by atoms with E-state index >= 15 is 35.1 Å². The van der Waals surface area contributed by atoms with Gasteiger partial charge in [0.1, 0.15) is 34.9 Å². The van der Waals surface area contributed by atoms with Gasteiger partial charge in [0.2, 0.25) is 0 Å². The third kappa shape index (κ3) is 6.98. The van der Waals surface area contributed by atoms with Gasteiger partial charge in [-0.15, -0.1) is 0 Å². The summed E-state index contributed by atoms with van der Waals surface area (Å²) in [6, 6.07) is 1.62. The number of alkyl halides is 9. The Bertz CT molecular complexity index is 2800. The largest absolute Gasteiger partial charge is 0.422 e. The van der Waals surface area contributed by atoms with Crippen molar-refractivity contribution in [2.75, 3.05) is 0 Å². The topological polar surface area (TPSA) is 71.4 Å². The fourth-order valence-electron chi connectivity index (χ4n) is 6.02. The molecule has 4 aromatic rings. The predicted molar refractivity (Wildman–Crippen MR) is 157 cm³/mol. The number of hydrogen-bond donors (Lipinski definition) is 0. The quantitative estimate of drug-likeness (QED) is 0.116. The lowest BCUT2D eigenvalue weighted by Gasteiger charge is -2.16. The number of benzene rings is 4. The Morgan fingerprint density at radius 3 is 0.594 bits per heavy atom. The number of nitriles is 3. The summed E-state index contributed by atoms with van der Waals surface area (Å²) in [6.45, 7) is 0. The van der Waals surface area contributed by atoms with E-state index in [0.29, 0.717) is 18.2 Å². The molecule has 334 valence electrons. The molecular weight excluding hydrogens is 949 g/mol. The third-order valence-corrected chi connectivity index (χ3v) is 8.68. The Morgan fingerprint density at radius 2 is 0.422 bits per heavy atom. The Kier molecular flexibility index (Phi) is 11.6. The highest BCUT2D eigenvalue weighted by atomic mass is 19.4. The second kappa shape index (κ2) is 15.6. The molecule has 5 rings (SSSR count). The van der Waals surface area contributed by atoms with Crippen molar-refractivity contribution in [2.24, 2.45) is 0 Å². The Hall–Kier alpha value is -7.18. The van der Waals surface area contributed by atoms with Crippen molar-refractivity contribution >= 4 is 16.7 Å². The monoisotopic (exact) mass is 949 g/mol. The average Bonchev–Trinajstić information content (AvgIpc) is 3.90. The first kappa shape index (κ1) is 47.9. The van der Waals surface area contributed by atoms with Gasteiger partial charge >= 0.3 is 18.5 Å². The average molecular weight is 949 g/mol. The minimum absolute atomic E-state index is 0.541. The Balaban J connectivity index is 2.06. The van der Waals surface area contributed by atoms with Crippen LogP contribution in [0.25, 0.3) is 27.8 Å². The molecule has 3 nitrogen and oxygen atoms in total. The molecule has 0 saturated heterocycles. The molecule has 0 aromatic heterocycles. The zero-order chi connectivity index (χ0) is 48.9. The van der Waals surface area contributed by atoms with Gasteiger partial charge in [0, 0.05) is 16.7 Å². The van der Waals surface area contributed by atoms with Crippen molar-refractivity contribution in [1.29, 1.82) is 15.8 Å². The van der Waals surface area contributed by atoms with Crippen molar-refractivity contribution < 1.29 is 110 Å². The Labute approximate surface area is 333 Å². The van der Waals surface area contributed by atoms with Crippen LogP contribution in [0.4, 0.5) is 110 Å². The molecule has 0 bridgehead atoms. The molecule has 1 aliphatic rings. The molecule has 1 aliphatic carbocycles. The Morgan fingerprint density at radius 1 is 0.266 bits per heavy atom. The maximum Gasteiger partial charge on any atom is 0.422 e. The van der Waals surface area contributed by atoms with Crippen LogP contribution in [0.3, 0.4) is 0 Å². The molecule has 0 atom stereocenters. The zero-order valence-corrected chi connectivity index (χ0v) is 28.8. The summed E-state index contributed by atoms with van der Waals surface area (Å²) in [5.74, 6) is -54.3. The summed E-state index contributed by atoms with van der Waals surface area (Å²) in [7, 11) is 0. The van der Waals surface area contributed by atoms with Gasteiger partial charge in [-0.25, -0.2) is 70.2 Å². The number of nitrogens with zero attached hydrogens (tertiary/aromatic N) is 3. The normalized spacial score (nSPS) is 15.5. The lowest BCUT2D eigenvalue weighted by molar-refractivity contribution is -0.144. The maximum absolute atomic E-state index is 15.8. The molecule has 28 heteroatoms. The SMILES string of the molecule is N#CC(=C1C(=C(/C#N)c2c(F)c(F)c(C(F)(F)F)c(F)c2F)/C1=C(/C#N)c1c(F)c(F)c(C(F)(F)F)c(F)c1F)c1c(F)c(F)c(-c2c(F)c(F)c(C(F)(F)F)c(F)c2F)c(F)c1F. The van der Waals surface area contributed by atoms with Crippen molar-refractivity contribution in [2.45, 2.75) is 18.5 Å². The fraction of sp³-hybridized carbons (Fsp3) is 0.0833. The molecular formula is C36F25N3. The molecule has 0 spiro atoms. The predicted octanol–water partition coefficient (Wildman–Crippen LogP) is 12.9. The van der Waals surface area contributed by atoms with Gasteiger partial charge in [-0.05, 0) is 0 Å². The number of rotatable bonds is 4. The van der Waals surface area contributed by atoms with Gasteiger partial charge in [-0.3, -0.25) is 0 Å². The summed E-state index contributed by atoms with van der Waals surface area (Å²) >= 11 is 0. The van der Waals surface area contributed by atoms with Gasteiger partial charge < -0.3 is 0 Å². The maximum atomic E-state index is 15.8. The smallest absolute Gasteiger partial charge is 0.203 e.